The summed E-state index contributed by atoms with van der Waals surface area (Å²) in [5.41, 5.74) is -0.728. The normalized spacial score (nSPS) is 13.2. The molecule has 0 aliphatic rings. The minimum Gasteiger partial charge on any atom is -0.354 e. The smallest absolute Gasteiger partial charge is 0.354 e. The van der Waals surface area contributed by atoms with E-state index in [1.807, 2.05) is 0 Å². The third-order valence-corrected chi connectivity index (χ3v) is 4.37. The van der Waals surface area contributed by atoms with Crippen LogP contribution in [0, 0.1) is 6.92 Å². The highest BCUT2D eigenvalue weighted by Crippen LogP contribution is 2.36. The molecule has 0 fully saturated rings. The first-order valence-electron chi connectivity index (χ1n) is 7.29. The Bertz CT molecular complexity index is 514. The highest BCUT2D eigenvalue weighted by Gasteiger charge is 2.38. The summed E-state index contributed by atoms with van der Waals surface area (Å²) in [6.45, 7) is 5.65. The molecule has 0 saturated carbocycles. The van der Waals surface area contributed by atoms with Gasteiger partial charge in [-0.15, -0.1) is 0 Å². The van der Waals surface area contributed by atoms with Gasteiger partial charge >= 0.3 is 6.18 Å². The fraction of sp³-hybridized carbons (Fsp3) is 0.714. The SMILES string of the molecule is CCCCCCNC(=O)C(C)n1nc(C(F)(F)F)c(Br)c1C. The molecule has 0 aromatic carbocycles. The molecular formula is C14H21BrF3N3O. The van der Waals surface area contributed by atoms with Crippen molar-refractivity contribution in [1.82, 2.24) is 15.1 Å². The van der Waals surface area contributed by atoms with Crippen LogP contribution in [-0.2, 0) is 11.0 Å². The van der Waals surface area contributed by atoms with Gasteiger partial charge in [0, 0.05) is 6.54 Å². The van der Waals surface area contributed by atoms with Crippen molar-refractivity contribution < 1.29 is 18.0 Å². The van der Waals surface area contributed by atoms with Gasteiger partial charge in [0.2, 0.25) is 5.91 Å². The zero-order chi connectivity index (χ0) is 16.9. The molecule has 0 aliphatic heterocycles. The first kappa shape index (κ1) is 19.0. The Balaban J connectivity index is 2.73. The Kier molecular flexibility index (Phi) is 6.90. The summed E-state index contributed by atoms with van der Waals surface area (Å²) >= 11 is 2.90. The molecular weight excluding hydrogens is 363 g/mol. The lowest BCUT2D eigenvalue weighted by Crippen LogP contribution is -2.32. The molecule has 1 N–H and O–H groups in total. The maximum atomic E-state index is 12.8. The lowest BCUT2D eigenvalue weighted by atomic mass is 10.2. The molecule has 0 radical (unpaired) electrons. The Morgan fingerprint density at radius 1 is 1.36 bits per heavy atom. The standard InChI is InChI=1S/C14H21BrF3N3O/c1-4-5-6-7-8-19-13(22)10(3)21-9(2)11(15)12(20-21)14(16,17)18/h10H,4-8H2,1-3H3,(H,19,22). The Labute approximate surface area is 136 Å². The van der Waals surface area contributed by atoms with Crippen LogP contribution in [0.3, 0.4) is 0 Å². The van der Waals surface area contributed by atoms with Gasteiger partial charge in [0.25, 0.3) is 0 Å². The average Bonchev–Trinajstić information content (AvgIpc) is 2.74. The maximum absolute atomic E-state index is 12.8. The van der Waals surface area contributed by atoms with Crippen LogP contribution in [0.15, 0.2) is 4.47 Å². The number of halogens is 4. The second kappa shape index (κ2) is 7.99. The van der Waals surface area contributed by atoms with Crippen LogP contribution < -0.4 is 5.32 Å². The summed E-state index contributed by atoms with van der Waals surface area (Å²) in [6.07, 6.45) is -0.459. The molecule has 0 aliphatic carbocycles. The summed E-state index contributed by atoms with van der Waals surface area (Å²) < 4.78 is 39.4. The van der Waals surface area contributed by atoms with Crippen LogP contribution in [0.4, 0.5) is 13.2 Å². The summed E-state index contributed by atoms with van der Waals surface area (Å²) in [5.74, 6) is -0.330. The number of amides is 1. The second-order valence-electron chi connectivity index (χ2n) is 5.22. The number of rotatable bonds is 7. The van der Waals surface area contributed by atoms with Crippen LogP contribution in [-0.4, -0.2) is 22.2 Å². The molecule has 1 rings (SSSR count). The van der Waals surface area contributed by atoms with Crippen LogP contribution in [0.2, 0.25) is 0 Å². The molecule has 1 aromatic rings. The fourth-order valence-corrected chi connectivity index (χ4v) is 2.56. The van der Waals surface area contributed by atoms with Crippen molar-refractivity contribution in [3.8, 4) is 0 Å². The van der Waals surface area contributed by atoms with Gasteiger partial charge in [-0.05, 0) is 36.2 Å². The van der Waals surface area contributed by atoms with Crippen LogP contribution >= 0.6 is 15.9 Å². The van der Waals surface area contributed by atoms with Crippen LogP contribution in [0.5, 0.6) is 0 Å². The average molecular weight is 384 g/mol. The molecule has 1 heterocycles. The number of carbonyl (C=O) groups excluding carboxylic acids is 1. The van der Waals surface area contributed by atoms with E-state index in [-0.39, 0.29) is 16.1 Å². The number of hydrogen-bond donors (Lipinski definition) is 1. The summed E-state index contributed by atoms with van der Waals surface area (Å²) in [7, 11) is 0. The van der Waals surface area contributed by atoms with Gasteiger partial charge in [0.1, 0.15) is 6.04 Å². The zero-order valence-electron chi connectivity index (χ0n) is 12.9. The van der Waals surface area contributed by atoms with Crippen molar-refractivity contribution in [1.29, 1.82) is 0 Å². The van der Waals surface area contributed by atoms with Crippen molar-refractivity contribution in [2.45, 2.75) is 58.7 Å². The summed E-state index contributed by atoms with van der Waals surface area (Å²) in [5, 5.41) is 6.28. The van der Waals surface area contributed by atoms with E-state index in [4.69, 9.17) is 0 Å². The number of unbranched alkanes of at least 4 members (excludes halogenated alkanes) is 3. The van der Waals surface area contributed by atoms with Crippen LogP contribution in [0.25, 0.3) is 0 Å². The molecule has 126 valence electrons. The van der Waals surface area contributed by atoms with Gasteiger partial charge in [-0.1, -0.05) is 26.2 Å². The lowest BCUT2D eigenvalue weighted by molar-refractivity contribution is -0.142. The van der Waals surface area contributed by atoms with E-state index >= 15 is 0 Å². The third kappa shape index (κ3) is 4.72. The minimum atomic E-state index is -4.55. The van der Waals surface area contributed by atoms with E-state index in [0.717, 1.165) is 30.4 Å². The van der Waals surface area contributed by atoms with Gasteiger partial charge in [-0.25, -0.2) is 0 Å². The highest BCUT2D eigenvalue weighted by molar-refractivity contribution is 9.10. The van der Waals surface area contributed by atoms with Gasteiger partial charge in [0.15, 0.2) is 5.69 Å². The molecule has 4 nitrogen and oxygen atoms in total. The zero-order valence-corrected chi connectivity index (χ0v) is 14.5. The lowest BCUT2D eigenvalue weighted by Gasteiger charge is -2.14. The summed E-state index contributed by atoms with van der Waals surface area (Å²) in [6, 6.07) is -0.793. The third-order valence-electron chi connectivity index (χ3n) is 3.42. The van der Waals surface area contributed by atoms with E-state index in [9.17, 15) is 18.0 Å². The molecule has 1 amide bonds. The molecule has 1 unspecified atom stereocenters. The highest BCUT2D eigenvalue weighted by atomic mass is 79.9. The number of nitrogens with zero attached hydrogens (tertiary/aromatic N) is 2. The maximum Gasteiger partial charge on any atom is 0.436 e. The number of hydrogen-bond acceptors (Lipinski definition) is 2. The minimum absolute atomic E-state index is 0.123. The van der Waals surface area contributed by atoms with Crippen molar-refractivity contribution in [3.63, 3.8) is 0 Å². The monoisotopic (exact) mass is 383 g/mol. The van der Waals surface area contributed by atoms with E-state index in [1.54, 1.807) is 0 Å². The number of carbonyl (C=O) groups is 1. The predicted molar refractivity (Wildman–Crippen MR) is 81.5 cm³/mol. The largest absolute Gasteiger partial charge is 0.436 e. The van der Waals surface area contributed by atoms with E-state index in [2.05, 4.69) is 33.3 Å². The quantitative estimate of drug-likeness (QED) is 0.716. The molecule has 8 heteroatoms. The second-order valence-corrected chi connectivity index (χ2v) is 6.01. The molecule has 1 atom stereocenters. The predicted octanol–water partition coefficient (Wildman–Crippen LogP) is 4.23. The van der Waals surface area contributed by atoms with Crippen LogP contribution in [0.1, 0.15) is 57.0 Å². The molecule has 0 saturated heterocycles. The first-order chi connectivity index (χ1) is 10.2. The van der Waals surface area contributed by atoms with Crippen molar-refractivity contribution in [3.05, 3.63) is 15.9 Å². The van der Waals surface area contributed by atoms with Gasteiger partial charge in [-0.3, -0.25) is 9.48 Å². The van der Waals surface area contributed by atoms with Crippen molar-refractivity contribution in [2.24, 2.45) is 0 Å². The Hall–Kier alpha value is -1.05. The van der Waals surface area contributed by atoms with Gasteiger partial charge < -0.3 is 5.32 Å². The van der Waals surface area contributed by atoms with Gasteiger partial charge in [-0.2, -0.15) is 18.3 Å². The number of nitrogens with one attached hydrogen (secondary N) is 1. The number of alkyl halides is 3. The topological polar surface area (TPSA) is 46.9 Å². The van der Waals surface area contributed by atoms with Crippen molar-refractivity contribution >= 4 is 21.8 Å². The molecule has 1 aromatic heterocycles. The Morgan fingerprint density at radius 3 is 2.50 bits per heavy atom. The van der Waals surface area contributed by atoms with Gasteiger partial charge in [0.05, 0.1) is 10.2 Å². The Morgan fingerprint density at radius 2 is 2.00 bits per heavy atom. The van der Waals surface area contributed by atoms with E-state index in [0.29, 0.717) is 6.54 Å². The molecule has 22 heavy (non-hydrogen) atoms. The van der Waals surface area contributed by atoms with Crippen molar-refractivity contribution in [2.75, 3.05) is 6.54 Å². The first-order valence-corrected chi connectivity index (χ1v) is 8.09. The fourth-order valence-electron chi connectivity index (χ4n) is 2.08. The molecule has 0 bridgehead atoms. The molecule has 0 spiro atoms. The van der Waals surface area contributed by atoms with E-state index in [1.165, 1.54) is 13.8 Å². The van der Waals surface area contributed by atoms with E-state index < -0.39 is 17.9 Å². The number of aromatic nitrogens is 2. The summed E-state index contributed by atoms with van der Waals surface area (Å²) in [4.78, 5) is 12.0.